The zero-order valence-corrected chi connectivity index (χ0v) is 14.1. The van der Waals surface area contributed by atoms with Crippen molar-refractivity contribution in [2.45, 2.75) is 12.9 Å². The van der Waals surface area contributed by atoms with E-state index in [4.69, 9.17) is 11.6 Å². The fourth-order valence-electron chi connectivity index (χ4n) is 2.77. The van der Waals surface area contributed by atoms with Crippen LogP contribution in [0.2, 0.25) is 11.8 Å². The largest absolute Gasteiger partial charge is 0.437 e. The number of carbonyl (C=O) groups excluding carboxylic acids is 1. The third-order valence-electron chi connectivity index (χ3n) is 4.10. The van der Waals surface area contributed by atoms with E-state index in [0.29, 0.717) is 5.02 Å². The number of nitrogens with zero attached hydrogens (tertiary/aromatic N) is 3. The molecule has 0 radical (unpaired) electrons. The van der Waals surface area contributed by atoms with Crippen LogP contribution in [-0.2, 0) is 4.79 Å². The van der Waals surface area contributed by atoms with E-state index < -0.39 is 7.05 Å². The minimum absolute atomic E-state index is 0.0628. The van der Waals surface area contributed by atoms with Crippen LogP contribution in [0.5, 0.6) is 0 Å². The molecule has 2 rings (SSSR count). The molecule has 1 aromatic rings. The molecule has 0 aromatic heterocycles. The summed E-state index contributed by atoms with van der Waals surface area (Å²) in [7, 11) is 3.11. The van der Waals surface area contributed by atoms with Gasteiger partial charge in [0.2, 0.25) is 5.91 Å². The standard InChI is InChI=1S/C15H23BClN3O2/c1-16(22)20-10-8-19(9-11-20)14(15(21)18(2)3)12-4-6-13(17)7-5-12/h4-7,14,22H,8-11H2,1-3H3. The molecule has 0 saturated carbocycles. The van der Waals surface area contributed by atoms with Gasteiger partial charge in [0.05, 0.1) is 0 Å². The Labute approximate surface area is 137 Å². The Morgan fingerprint density at radius 1 is 1.23 bits per heavy atom. The summed E-state index contributed by atoms with van der Waals surface area (Å²) in [6.07, 6.45) is 0. The number of likely N-dealkylation sites (N-methyl/N-ethyl adjacent to an activating group) is 1. The number of benzene rings is 1. The van der Waals surface area contributed by atoms with E-state index >= 15 is 0 Å². The van der Waals surface area contributed by atoms with Crippen molar-refractivity contribution in [1.29, 1.82) is 0 Å². The Kier molecular flexibility index (Phi) is 5.86. The summed E-state index contributed by atoms with van der Waals surface area (Å²) in [5.41, 5.74) is 0.952. The Morgan fingerprint density at radius 3 is 2.23 bits per heavy atom. The molecular weight excluding hydrogens is 300 g/mol. The molecule has 1 saturated heterocycles. The number of amides is 1. The van der Waals surface area contributed by atoms with E-state index in [-0.39, 0.29) is 11.9 Å². The molecule has 7 heteroatoms. The summed E-state index contributed by atoms with van der Waals surface area (Å²) in [6, 6.07) is 7.16. The van der Waals surface area contributed by atoms with E-state index in [1.54, 1.807) is 25.8 Å². The predicted octanol–water partition coefficient (Wildman–Crippen LogP) is 1.20. The normalized spacial score (nSPS) is 18.0. The van der Waals surface area contributed by atoms with Gasteiger partial charge in [-0.3, -0.25) is 9.69 Å². The van der Waals surface area contributed by atoms with Gasteiger partial charge >= 0.3 is 7.05 Å². The van der Waals surface area contributed by atoms with Crippen molar-refractivity contribution in [3.8, 4) is 0 Å². The molecule has 1 aromatic carbocycles. The van der Waals surface area contributed by atoms with Crippen molar-refractivity contribution in [2.75, 3.05) is 40.3 Å². The zero-order chi connectivity index (χ0) is 16.3. The lowest BCUT2D eigenvalue weighted by Gasteiger charge is -2.40. The molecule has 5 nitrogen and oxygen atoms in total. The second-order valence-corrected chi connectivity index (χ2v) is 6.33. The van der Waals surface area contributed by atoms with Crippen LogP contribution in [0, 0.1) is 0 Å². The van der Waals surface area contributed by atoms with Gasteiger partial charge in [0.1, 0.15) is 6.04 Å². The van der Waals surface area contributed by atoms with Crippen LogP contribution in [0.25, 0.3) is 0 Å². The van der Waals surface area contributed by atoms with Crippen molar-refractivity contribution in [2.24, 2.45) is 0 Å². The maximum atomic E-state index is 12.6. The summed E-state index contributed by atoms with van der Waals surface area (Å²) >= 11 is 5.95. The molecule has 22 heavy (non-hydrogen) atoms. The van der Waals surface area contributed by atoms with E-state index in [9.17, 15) is 9.82 Å². The lowest BCUT2D eigenvalue weighted by atomic mass is 9.84. The zero-order valence-electron chi connectivity index (χ0n) is 13.4. The molecule has 1 amide bonds. The summed E-state index contributed by atoms with van der Waals surface area (Å²) in [4.78, 5) is 18.4. The predicted molar refractivity (Wildman–Crippen MR) is 89.9 cm³/mol. The number of hydrogen-bond acceptors (Lipinski definition) is 4. The van der Waals surface area contributed by atoms with Gasteiger partial charge in [-0.15, -0.1) is 0 Å². The van der Waals surface area contributed by atoms with Crippen LogP contribution < -0.4 is 0 Å². The molecule has 1 aliphatic rings. The minimum atomic E-state index is -0.444. The molecule has 0 aliphatic carbocycles. The summed E-state index contributed by atoms with van der Waals surface area (Å²) < 4.78 is 0. The molecule has 1 fully saturated rings. The second kappa shape index (κ2) is 7.46. The average molecular weight is 324 g/mol. The number of halogens is 1. The van der Waals surface area contributed by atoms with Crippen LogP contribution in [0.15, 0.2) is 24.3 Å². The maximum absolute atomic E-state index is 12.6. The van der Waals surface area contributed by atoms with Gasteiger partial charge in [-0.1, -0.05) is 23.7 Å². The second-order valence-electron chi connectivity index (χ2n) is 5.89. The van der Waals surface area contributed by atoms with Gasteiger partial charge in [-0.2, -0.15) is 0 Å². The van der Waals surface area contributed by atoms with Gasteiger partial charge in [-0.25, -0.2) is 0 Å². The molecular formula is C15H23BClN3O2. The summed E-state index contributed by atoms with van der Waals surface area (Å²) in [5, 5.41) is 10.3. The number of rotatable bonds is 4. The van der Waals surface area contributed by atoms with Crippen LogP contribution in [0.1, 0.15) is 11.6 Å². The van der Waals surface area contributed by atoms with E-state index in [1.807, 2.05) is 29.1 Å². The SMILES string of the molecule is CB(O)N1CCN(C(C(=O)N(C)C)c2ccc(Cl)cc2)CC1. The lowest BCUT2D eigenvalue weighted by Crippen LogP contribution is -2.54. The fourth-order valence-corrected chi connectivity index (χ4v) is 2.89. The lowest BCUT2D eigenvalue weighted by molar-refractivity contribution is -0.135. The van der Waals surface area contributed by atoms with Crippen LogP contribution in [-0.4, -0.2) is 72.9 Å². The highest BCUT2D eigenvalue weighted by molar-refractivity contribution is 6.45. The highest BCUT2D eigenvalue weighted by Gasteiger charge is 2.32. The number of piperazine rings is 1. The smallest absolute Gasteiger partial charge is 0.376 e. The molecule has 1 unspecified atom stereocenters. The molecule has 1 heterocycles. The van der Waals surface area contributed by atoms with Gasteiger partial charge in [0.15, 0.2) is 0 Å². The molecule has 1 N–H and O–H groups in total. The Balaban J connectivity index is 2.19. The van der Waals surface area contributed by atoms with Crippen LogP contribution in [0.3, 0.4) is 0 Å². The first kappa shape index (κ1) is 17.3. The fraction of sp³-hybridized carbons (Fsp3) is 0.533. The third-order valence-corrected chi connectivity index (χ3v) is 4.35. The van der Waals surface area contributed by atoms with Gasteiger partial charge < -0.3 is 14.7 Å². The Morgan fingerprint density at radius 2 is 1.77 bits per heavy atom. The number of hydrogen-bond donors (Lipinski definition) is 1. The summed E-state index contributed by atoms with van der Waals surface area (Å²) in [5.74, 6) is 0.0628. The van der Waals surface area contributed by atoms with Crippen molar-refractivity contribution < 1.29 is 9.82 Å². The van der Waals surface area contributed by atoms with Crippen molar-refractivity contribution >= 4 is 24.6 Å². The van der Waals surface area contributed by atoms with Crippen molar-refractivity contribution in [3.05, 3.63) is 34.9 Å². The first-order valence-electron chi connectivity index (χ1n) is 7.53. The maximum Gasteiger partial charge on any atom is 0.376 e. The van der Waals surface area contributed by atoms with Gasteiger partial charge in [0, 0.05) is 45.3 Å². The average Bonchev–Trinajstić information content (AvgIpc) is 2.49. The Bertz CT molecular complexity index is 502. The van der Waals surface area contributed by atoms with E-state index in [0.717, 1.165) is 31.7 Å². The van der Waals surface area contributed by atoms with Crippen LogP contribution in [0.4, 0.5) is 0 Å². The molecule has 1 atom stereocenters. The minimum Gasteiger partial charge on any atom is -0.437 e. The molecule has 1 aliphatic heterocycles. The summed E-state index contributed by atoms with van der Waals surface area (Å²) in [6.45, 7) is 4.78. The monoisotopic (exact) mass is 323 g/mol. The highest BCUT2D eigenvalue weighted by atomic mass is 35.5. The van der Waals surface area contributed by atoms with E-state index in [2.05, 4.69) is 4.90 Å². The molecule has 0 spiro atoms. The first-order valence-corrected chi connectivity index (χ1v) is 7.90. The highest BCUT2D eigenvalue weighted by Crippen LogP contribution is 2.25. The van der Waals surface area contributed by atoms with E-state index in [1.165, 1.54) is 0 Å². The topological polar surface area (TPSA) is 47.0 Å². The van der Waals surface area contributed by atoms with Crippen LogP contribution >= 0.6 is 11.6 Å². The van der Waals surface area contributed by atoms with Crippen molar-refractivity contribution in [1.82, 2.24) is 14.6 Å². The molecule has 0 bridgehead atoms. The molecule has 120 valence electrons. The van der Waals surface area contributed by atoms with Gasteiger partial charge in [-0.05, 0) is 24.5 Å². The van der Waals surface area contributed by atoms with Gasteiger partial charge in [0.25, 0.3) is 0 Å². The first-order chi connectivity index (χ1) is 10.4. The van der Waals surface area contributed by atoms with Crippen molar-refractivity contribution in [3.63, 3.8) is 0 Å². The Hall–Kier alpha value is -1.08. The third kappa shape index (κ3) is 4.01. The quantitative estimate of drug-likeness (QED) is 0.846. The number of carbonyl (C=O) groups is 1.